The van der Waals surface area contributed by atoms with Gasteiger partial charge in [0.2, 0.25) is 0 Å². The number of anilines is 1. The van der Waals surface area contributed by atoms with Gasteiger partial charge < -0.3 is 15.0 Å². The number of likely N-dealkylation sites (tertiary alicyclic amines) is 1. The number of rotatable bonds is 8. The molecule has 0 unspecified atom stereocenters. The lowest BCUT2D eigenvalue weighted by Gasteiger charge is -2.51. The molecule has 0 saturated carbocycles. The van der Waals surface area contributed by atoms with Crippen LogP contribution in [0.25, 0.3) is 0 Å². The summed E-state index contributed by atoms with van der Waals surface area (Å²) in [4.78, 5) is 7.86. The fourth-order valence-electron chi connectivity index (χ4n) is 4.96. The summed E-state index contributed by atoms with van der Waals surface area (Å²) in [7, 11) is 2.25. The van der Waals surface area contributed by atoms with E-state index in [4.69, 9.17) is 4.74 Å². The van der Waals surface area contributed by atoms with Crippen LogP contribution in [-0.2, 0) is 6.54 Å². The molecule has 2 aliphatic rings. The average molecular weight is 423 g/mol. The lowest BCUT2D eigenvalue weighted by Crippen LogP contribution is -2.63. The van der Waals surface area contributed by atoms with Crippen molar-refractivity contribution in [3.8, 4) is 5.75 Å². The van der Waals surface area contributed by atoms with E-state index in [9.17, 15) is 0 Å². The number of hydrogen-bond donors (Lipinski definition) is 1. The zero-order valence-electron chi connectivity index (χ0n) is 19.2. The van der Waals surface area contributed by atoms with Gasteiger partial charge >= 0.3 is 0 Å². The highest BCUT2D eigenvalue weighted by molar-refractivity contribution is 5.46. The van der Waals surface area contributed by atoms with Gasteiger partial charge in [-0.05, 0) is 69.7 Å². The van der Waals surface area contributed by atoms with Crippen molar-refractivity contribution < 1.29 is 4.74 Å². The lowest BCUT2D eigenvalue weighted by molar-refractivity contribution is -0.000442. The fraction of sp³-hybridized carbons (Fsp3) is 0.538. The first-order valence-electron chi connectivity index (χ1n) is 11.8. The molecular formula is C26H38N4O. The molecule has 5 nitrogen and oxygen atoms in total. The Balaban J connectivity index is 1.37. The van der Waals surface area contributed by atoms with Gasteiger partial charge in [0, 0.05) is 50.5 Å². The van der Waals surface area contributed by atoms with E-state index in [1.165, 1.54) is 37.2 Å². The number of nitrogens with one attached hydrogen (secondary N) is 1. The number of hydrogen-bond acceptors (Lipinski definition) is 5. The molecule has 0 amide bonds. The van der Waals surface area contributed by atoms with Crippen LogP contribution in [0.4, 0.5) is 5.69 Å². The number of benzene rings is 2. The van der Waals surface area contributed by atoms with Gasteiger partial charge in [-0.1, -0.05) is 30.3 Å². The third kappa shape index (κ3) is 5.79. The van der Waals surface area contributed by atoms with Crippen LogP contribution in [0.2, 0.25) is 0 Å². The van der Waals surface area contributed by atoms with Crippen LogP contribution in [0.15, 0.2) is 54.6 Å². The van der Waals surface area contributed by atoms with Crippen LogP contribution in [-0.4, -0.2) is 79.7 Å². The third-order valence-corrected chi connectivity index (χ3v) is 7.00. The Morgan fingerprint density at radius 2 is 1.55 bits per heavy atom. The molecule has 2 saturated heterocycles. The average Bonchev–Trinajstić information content (AvgIpc) is 2.81. The molecule has 0 aromatic heterocycles. The van der Waals surface area contributed by atoms with Crippen molar-refractivity contribution >= 4 is 5.69 Å². The van der Waals surface area contributed by atoms with Crippen molar-refractivity contribution in [2.45, 2.75) is 31.8 Å². The predicted molar refractivity (Wildman–Crippen MR) is 129 cm³/mol. The Hall–Kier alpha value is -2.08. The molecule has 2 aromatic carbocycles. The minimum absolute atomic E-state index is 0.240. The molecule has 0 atom stereocenters. The molecule has 2 aliphatic heterocycles. The van der Waals surface area contributed by atoms with Crippen molar-refractivity contribution in [2.24, 2.45) is 0 Å². The summed E-state index contributed by atoms with van der Waals surface area (Å²) in [5.41, 5.74) is 2.84. The van der Waals surface area contributed by atoms with Crippen LogP contribution in [0, 0.1) is 0 Å². The highest BCUT2D eigenvalue weighted by atomic mass is 16.5. The van der Waals surface area contributed by atoms with Crippen LogP contribution in [0.3, 0.4) is 0 Å². The highest BCUT2D eigenvalue weighted by Crippen LogP contribution is 2.31. The molecule has 31 heavy (non-hydrogen) atoms. The Bertz CT molecular complexity index is 779. The number of ether oxygens (including phenoxy) is 1. The molecule has 0 radical (unpaired) electrons. The topological polar surface area (TPSA) is 31.0 Å². The van der Waals surface area contributed by atoms with Crippen LogP contribution in [0.1, 0.15) is 25.3 Å². The highest BCUT2D eigenvalue weighted by Gasteiger charge is 2.40. The van der Waals surface area contributed by atoms with Crippen molar-refractivity contribution in [1.82, 2.24) is 14.7 Å². The lowest BCUT2D eigenvalue weighted by atomic mass is 9.84. The summed E-state index contributed by atoms with van der Waals surface area (Å²) in [5.74, 6) is 0.941. The third-order valence-electron chi connectivity index (χ3n) is 7.00. The summed E-state index contributed by atoms with van der Waals surface area (Å²) in [6.45, 7) is 11.8. The normalized spacial score (nSPS) is 20.5. The molecule has 4 rings (SSSR count). The summed E-state index contributed by atoms with van der Waals surface area (Å²) in [5, 5.41) is 3.76. The van der Waals surface area contributed by atoms with Crippen LogP contribution < -0.4 is 10.1 Å². The SMILES string of the molecule is CCOc1ccc(NCC2(N3CCN(Cc4ccccc4)CC3)CCN(C)CC2)cc1. The van der Waals surface area contributed by atoms with Crippen LogP contribution in [0.5, 0.6) is 5.75 Å². The second-order valence-electron chi connectivity index (χ2n) is 9.09. The molecule has 0 spiro atoms. The number of piperazine rings is 1. The van der Waals surface area contributed by atoms with E-state index in [1.54, 1.807) is 0 Å². The first-order chi connectivity index (χ1) is 15.2. The molecule has 0 bridgehead atoms. The van der Waals surface area contributed by atoms with Crippen molar-refractivity contribution in [2.75, 3.05) is 64.8 Å². The summed E-state index contributed by atoms with van der Waals surface area (Å²) < 4.78 is 5.59. The fourth-order valence-corrected chi connectivity index (χ4v) is 4.96. The Labute approximate surface area is 188 Å². The van der Waals surface area contributed by atoms with Crippen molar-refractivity contribution in [1.29, 1.82) is 0 Å². The van der Waals surface area contributed by atoms with Gasteiger partial charge in [-0.25, -0.2) is 0 Å². The summed E-state index contributed by atoms with van der Waals surface area (Å²) >= 11 is 0. The zero-order chi connectivity index (χ0) is 21.5. The minimum atomic E-state index is 0.240. The predicted octanol–water partition coefficient (Wildman–Crippen LogP) is 3.78. The first-order valence-corrected chi connectivity index (χ1v) is 11.8. The smallest absolute Gasteiger partial charge is 0.119 e. The van der Waals surface area contributed by atoms with E-state index in [-0.39, 0.29) is 5.54 Å². The number of piperidine rings is 1. The molecule has 2 heterocycles. The Morgan fingerprint density at radius 3 is 2.19 bits per heavy atom. The van der Waals surface area contributed by atoms with Gasteiger partial charge in [-0.3, -0.25) is 9.80 Å². The second kappa shape index (κ2) is 10.5. The maximum Gasteiger partial charge on any atom is 0.119 e. The van der Waals surface area contributed by atoms with Crippen molar-refractivity contribution in [3.63, 3.8) is 0 Å². The van der Waals surface area contributed by atoms with Gasteiger partial charge in [-0.15, -0.1) is 0 Å². The molecule has 0 aliphatic carbocycles. The summed E-state index contributed by atoms with van der Waals surface area (Å²) in [6, 6.07) is 19.3. The number of nitrogens with zero attached hydrogens (tertiary/aromatic N) is 3. The molecule has 1 N–H and O–H groups in total. The van der Waals surface area contributed by atoms with E-state index in [0.29, 0.717) is 6.61 Å². The summed E-state index contributed by atoms with van der Waals surface area (Å²) in [6.07, 6.45) is 2.46. The van der Waals surface area contributed by atoms with E-state index in [1.807, 2.05) is 6.92 Å². The Kier molecular flexibility index (Phi) is 7.49. The zero-order valence-corrected chi connectivity index (χ0v) is 19.2. The van der Waals surface area contributed by atoms with Gasteiger partial charge in [0.15, 0.2) is 0 Å². The molecule has 2 fully saturated rings. The Morgan fingerprint density at radius 1 is 0.871 bits per heavy atom. The monoisotopic (exact) mass is 422 g/mol. The van der Waals surface area contributed by atoms with E-state index < -0.39 is 0 Å². The standard InChI is InChI=1S/C26H38N4O/c1-3-31-25-11-9-24(10-12-25)27-22-26(13-15-28(2)16-14-26)30-19-17-29(18-20-30)21-23-7-5-4-6-8-23/h4-12,27H,3,13-22H2,1-2H3. The van der Waals surface area contributed by atoms with Gasteiger partial charge in [0.1, 0.15) is 5.75 Å². The molecule has 5 heteroatoms. The van der Waals surface area contributed by atoms with Gasteiger partial charge in [0.05, 0.1) is 6.61 Å². The molecular weight excluding hydrogens is 384 g/mol. The van der Waals surface area contributed by atoms with Crippen LogP contribution >= 0.6 is 0 Å². The maximum absolute atomic E-state index is 5.59. The quantitative estimate of drug-likeness (QED) is 0.700. The first kappa shape index (κ1) is 22.1. The maximum atomic E-state index is 5.59. The van der Waals surface area contributed by atoms with E-state index >= 15 is 0 Å². The minimum Gasteiger partial charge on any atom is -0.494 e. The molecule has 2 aromatic rings. The van der Waals surface area contributed by atoms with Crippen molar-refractivity contribution in [3.05, 3.63) is 60.2 Å². The second-order valence-corrected chi connectivity index (χ2v) is 9.09. The molecule has 168 valence electrons. The van der Waals surface area contributed by atoms with Gasteiger partial charge in [0.25, 0.3) is 0 Å². The van der Waals surface area contributed by atoms with E-state index in [0.717, 1.165) is 45.0 Å². The largest absolute Gasteiger partial charge is 0.494 e. The van der Waals surface area contributed by atoms with E-state index in [2.05, 4.69) is 81.7 Å². The van der Waals surface area contributed by atoms with Gasteiger partial charge in [-0.2, -0.15) is 0 Å².